The zero-order valence-corrected chi connectivity index (χ0v) is 8.90. The lowest BCUT2D eigenvalue weighted by Gasteiger charge is -2.30. The smallest absolute Gasteiger partial charge is 0.184 e. The van der Waals surface area contributed by atoms with E-state index in [2.05, 4.69) is 41.6 Å². The third-order valence-electron chi connectivity index (χ3n) is 2.36. The Bertz CT molecular complexity index is 226. The molecule has 1 saturated heterocycles. The number of piperidine rings is 1. The molecule has 0 bridgehead atoms. The second-order valence-corrected chi connectivity index (χ2v) is 3.88. The molecule has 0 radical (unpaired) electrons. The van der Waals surface area contributed by atoms with Gasteiger partial charge in [-0.3, -0.25) is 5.43 Å². The molecule has 1 fully saturated rings. The highest BCUT2D eigenvalue weighted by Gasteiger charge is 2.18. The van der Waals surface area contributed by atoms with Gasteiger partial charge in [-0.1, -0.05) is 0 Å². The van der Waals surface area contributed by atoms with E-state index in [4.69, 9.17) is 5.73 Å². The van der Waals surface area contributed by atoms with Gasteiger partial charge in [0.05, 0.1) is 0 Å². The Labute approximate surface area is 84.2 Å². The number of likely N-dealkylation sites (tertiary alicyclic amines) is 1. The third kappa shape index (κ3) is 3.28. The predicted octanol–water partition coefficient (Wildman–Crippen LogP) is 0.290. The van der Waals surface area contributed by atoms with Gasteiger partial charge in [-0.2, -0.15) is 5.10 Å². The molecule has 13 heavy (non-hydrogen) atoms. The molecule has 0 aromatic heterocycles. The van der Waals surface area contributed by atoms with Crippen molar-refractivity contribution in [3.8, 4) is 0 Å². The van der Waals surface area contributed by atoms with Crippen LogP contribution >= 0.6 is 12.2 Å². The second-order valence-electron chi connectivity index (χ2n) is 3.44. The average molecular weight is 200 g/mol. The molecule has 1 rings (SSSR count). The highest BCUT2D eigenvalue weighted by Crippen LogP contribution is 2.11. The van der Waals surface area contributed by atoms with E-state index < -0.39 is 0 Å². The van der Waals surface area contributed by atoms with Crippen molar-refractivity contribution in [2.24, 2.45) is 10.8 Å². The lowest BCUT2D eigenvalue weighted by atomic mass is 10.0. The summed E-state index contributed by atoms with van der Waals surface area (Å²) in [5.74, 6) is 0. The Balaban J connectivity index is 2.45. The van der Waals surface area contributed by atoms with Crippen LogP contribution in [0.1, 0.15) is 19.8 Å². The molecule has 1 aliphatic heterocycles. The quantitative estimate of drug-likeness (QED) is 0.472. The molecule has 5 heteroatoms. The van der Waals surface area contributed by atoms with Crippen LogP contribution < -0.4 is 11.2 Å². The largest absolute Gasteiger partial charge is 0.375 e. The van der Waals surface area contributed by atoms with Crippen molar-refractivity contribution in [1.29, 1.82) is 0 Å². The van der Waals surface area contributed by atoms with Crippen molar-refractivity contribution in [2.45, 2.75) is 25.8 Å². The summed E-state index contributed by atoms with van der Waals surface area (Å²) in [6.07, 6.45) is 1.99. The first-order valence-electron chi connectivity index (χ1n) is 4.40. The lowest BCUT2D eigenvalue weighted by Crippen LogP contribution is -2.39. The first kappa shape index (κ1) is 10.4. The van der Waals surface area contributed by atoms with Crippen LogP contribution in [0.25, 0.3) is 0 Å². The van der Waals surface area contributed by atoms with Crippen molar-refractivity contribution in [1.82, 2.24) is 10.3 Å². The van der Waals surface area contributed by atoms with Crippen LogP contribution in [0.5, 0.6) is 0 Å². The van der Waals surface area contributed by atoms with Crippen LogP contribution in [0.4, 0.5) is 0 Å². The minimum absolute atomic E-state index is 0.235. The van der Waals surface area contributed by atoms with Crippen molar-refractivity contribution in [3.05, 3.63) is 0 Å². The molecule has 1 atom stereocenters. The maximum absolute atomic E-state index is 5.27. The lowest BCUT2D eigenvalue weighted by molar-refractivity contribution is 0.252. The monoisotopic (exact) mass is 200 g/mol. The van der Waals surface area contributed by atoms with E-state index in [9.17, 15) is 0 Å². The molecule has 0 spiro atoms. The fourth-order valence-corrected chi connectivity index (χ4v) is 1.41. The van der Waals surface area contributed by atoms with Crippen molar-refractivity contribution in [3.63, 3.8) is 0 Å². The van der Waals surface area contributed by atoms with Gasteiger partial charge in [0.15, 0.2) is 5.11 Å². The zero-order chi connectivity index (χ0) is 9.84. The summed E-state index contributed by atoms with van der Waals surface area (Å²) >= 11 is 4.67. The Kier molecular flexibility index (Phi) is 3.62. The highest BCUT2D eigenvalue weighted by molar-refractivity contribution is 7.80. The van der Waals surface area contributed by atoms with Gasteiger partial charge < -0.3 is 10.6 Å². The van der Waals surface area contributed by atoms with Gasteiger partial charge in [-0.25, -0.2) is 0 Å². The SMILES string of the molecule is CC1CC(=NNC(N)=S)CCN1C. The fraction of sp³-hybridized carbons (Fsp3) is 0.750. The summed E-state index contributed by atoms with van der Waals surface area (Å²) in [5, 5.41) is 4.38. The number of nitrogens with one attached hydrogen (secondary N) is 1. The van der Waals surface area contributed by atoms with Crippen LogP contribution in [-0.2, 0) is 0 Å². The van der Waals surface area contributed by atoms with E-state index in [1.807, 2.05) is 0 Å². The Hall–Kier alpha value is -0.680. The van der Waals surface area contributed by atoms with Gasteiger partial charge in [-0.15, -0.1) is 0 Å². The van der Waals surface area contributed by atoms with E-state index in [0.717, 1.165) is 25.1 Å². The van der Waals surface area contributed by atoms with E-state index in [0.29, 0.717) is 6.04 Å². The summed E-state index contributed by atoms with van der Waals surface area (Å²) in [4.78, 5) is 2.32. The summed E-state index contributed by atoms with van der Waals surface area (Å²) in [5.41, 5.74) is 9.05. The average Bonchev–Trinajstić information content (AvgIpc) is 2.07. The number of hydrogen-bond acceptors (Lipinski definition) is 3. The van der Waals surface area contributed by atoms with Crippen LogP contribution in [0, 0.1) is 0 Å². The first-order chi connectivity index (χ1) is 6.09. The molecule has 1 heterocycles. The highest BCUT2D eigenvalue weighted by atomic mass is 32.1. The molecule has 0 saturated carbocycles. The van der Waals surface area contributed by atoms with Gasteiger partial charge in [0, 0.05) is 31.1 Å². The summed E-state index contributed by atoms with van der Waals surface area (Å²) in [6.45, 7) is 3.24. The zero-order valence-electron chi connectivity index (χ0n) is 8.08. The Morgan fingerprint density at radius 1 is 1.77 bits per heavy atom. The third-order valence-corrected chi connectivity index (χ3v) is 2.45. The van der Waals surface area contributed by atoms with Gasteiger partial charge in [-0.05, 0) is 26.2 Å². The topological polar surface area (TPSA) is 53.6 Å². The molecule has 3 N–H and O–H groups in total. The standard InChI is InChI=1S/C8H16N4S/c1-6-5-7(3-4-12(6)2)10-11-8(9)13/h6H,3-5H2,1-2H3,(H3,9,11,13). The number of nitrogens with zero attached hydrogens (tertiary/aromatic N) is 2. The normalized spacial score (nSPS) is 27.5. The van der Waals surface area contributed by atoms with Crippen molar-refractivity contribution < 1.29 is 0 Å². The molecule has 0 aromatic carbocycles. The molecule has 1 aliphatic rings. The number of rotatable bonds is 1. The van der Waals surface area contributed by atoms with E-state index in [-0.39, 0.29) is 5.11 Å². The second kappa shape index (κ2) is 4.53. The van der Waals surface area contributed by atoms with Gasteiger partial charge in [0.2, 0.25) is 0 Å². The van der Waals surface area contributed by atoms with Crippen LogP contribution in [0.3, 0.4) is 0 Å². The molecule has 0 amide bonds. The van der Waals surface area contributed by atoms with Crippen LogP contribution in [0.15, 0.2) is 5.10 Å². The van der Waals surface area contributed by atoms with E-state index >= 15 is 0 Å². The van der Waals surface area contributed by atoms with Crippen molar-refractivity contribution in [2.75, 3.05) is 13.6 Å². The van der Waals surface area contributed by atoms with Gasteiger partial charge >= 0.3 is 0 Å². The van der Waals surface area contributed by atoms with Crippen LogP contribution in [0.2, 0.25) is 0 Å². The molecule has 74 valence electrons. The maximum Gasteiger partial charge on any atom is 0.184 e. The number of nitrogens with two attached hydrogens (primary N) is 1. The fourth-order valence-electron chi connectivity index (χ4n) is 1.36. The summed E-state index contributed by atoms with van der Waals surface area (Å²) in [6, 6.07) is 0.556. The minimum atomic E-state index is 0.235. The Morgan fingerprint density at radius 3 is 3.00 bits per heavy atom. The van der Waals surface area contributed by atoms with Crippen LogP contribution in [-0.4, -0.2) is 35.4 Å². The maximum atomic E-state index is 5.27. The summed E-state index contributed by atoms with van der Waals surface area (Å²) in [7, 11) is 2.13. The van der Waals surface area contributed by atoms with E-state index in [1.165, 1.54) is 0 Å². The predicted molar refractivity (Wildman–Crippen MR) is 58.7 cm³/mol. The number of hydrogen-bond donors (Lipinski definition) is 2. The molecular weight excluding hydrogens is 184 g/mol. The molecular formula is C8H16N4S. The number of hydrazone groups is 1. The Morgan fingerprint density at radius 2 is 2.46 bits per heavy atom. The summed E-state index contributed by atoms with van der Waals surface area (Å²) < 4.78 is 0. The van der Waals surface area contributed by atoms with Gasteiger partial charge in [0.25, 0.3) is 0 Å². The first-order valence-corrected chi connectivity index (χ1v) is 4.81. The van der Waals surface area contributed by atoms with E-state index in [1.54, 1.807) is 0 Å². The molecule has 4 nitrogen and oxygen atoms in total. The van der Waals surface area contributed by atoms with Crippen molar-refractivity contribution >= 4 is 23.0 Å². The number of thiocarbonyl (C=S) groups is 1. The van der Waals surface area contributed by atoms with Gasteiger partial charge in [0.1, 0.15) is 0 Å². The molecule has 0 aromatic rings. The molecule has 0 aliphatic carbocycles. The molecule has 1 unspecified atom stereocenters. The minimum Gasteiger partial charge on any atom is -0.375 e.